The first-order valence-electron chi connectivity index (χ1n) is 7.49. The lowest BCUT2D eigenvalue weighted by Gasteiger charge is -2.08. The number of carbonyl (C=O) groups is 1. The molecular formula is C18H20N2O3. The molecule has 1 amide bonds. The maximum atomic E-state index is 11.8. The Hall–Kier alpha value is -2.66. The van der Waals surface area contributed by atoms with Crippen molar-refractivity contribution in [3.63, 3.8) is 0 Å². The van der Waals surface area contributed by atoms with Gasteiger partial charge >= 0.3 is 0 Å². The molecule has 2 rings (SSSR count). The van der Waals surface area contributed by atoms with E-state index in [0.717, 1.165) is 17.7 Å². The van der Waals surface area contributed by atoms with Gasteiger partial charge in [0.2, 0.25) is 0 Å². The van der Waals surface area contributed by atoms with E-state index in [0.29, 0.717) is 12.2 Å². The molecule has 0 radical (unpaired) electrons. The van der Waals surface area contributed by atoms with Crippen LogP contribution >= 0.6 is 0 Å². The van der Waals surface area contributed by atoms with Crippen LogP contribution in [0, 0.1) is 0 Å². The lowest BCUT2D eigenvalue weighted by atomic mass is 10.1. The Morgan fingerprint density at radius 3 is 2.57 bits per heavy atom. The molecule has 0 aliphatic carbocycles. The minimum Gasteiger partial charge on any atom is -0.494 e. The minimum atomic E-state index is -1.24. The molecule has 0 aliphatic rings. The lowest BCUT2D eigenvalue weighted by Crippen LogP contribution is -2.25. The zero-order valence-corrected chi connectivity index (χ0v) is 13.0. The van der Waals surface area contributed by atoms with E-state index < -0.39 is 12.0 Å². The number of carbonyl (C=O) groups excluding carboxylic acids is 1. The van der Waals surface area contributed by atoms with Crippen LogP contribution in [0.5, 0.6) is 5.75 Å². The van der Waals surface area contributed by atoms with Crippen LogP contribution in [0.15, 0.2) is 59.7 Å². The quantitative estimate of drug-likeness (QED) is 0.610. The number of nitrogens with zero attached hydrogens (tertiary/aromatic N) is 1. The molecule has 120 valence electrons. The number of benzene rings is 2. The van der Waals surface area contributed by atoms with Crippen molar-refractivity contribution in [2.45, 2.75) is 19.4 Å². The summed E-state index contributed by atoms with van der Waals surface area (Å²) in [5.41, 5.74) is 3.68. The van der Waals surface area contributed by atoms with E-state index in [9.17, 15) is 9.90 Å². The molecule has 1 unspecified atom stereocenters. The Morgan fingerprint density at radius 2 is 1.91 bits per heavy atom. The summed E-state index contributed by atoms with van der Waals surface area (Å²) in [6.07, 6.45) is 1.23. The maximum Gasteiger partial charge on any atom is 0.273 e. The van der Waals surface area contributed by atoms with Crippen LogP contribution in [-0.2, 0) is 4.79 Å². The highest BCUT2D eigenvalue weighted by atomic mass is 16.5. The third-order valence-corrected chi connectivity index (χ3v) is 3.10. The number of amides is 1. The molecule has 2 aromatic rings. The van der Waals surface area contributed by atoms with Gasteiger partial charge in [-0.3, -0.25) is 4.79 Å². The van der Waals surface area contributed by atoms with Gasteiger partial charge in [-0.25, -0.2) is 5.43 Å². The summed E-state index contributed by atoms with van der Waals surface area (Å²) in [4.78, 5) is 11.8. The highest BCUT2D eigenvalue weighted by Gasteiger charge is 2.15. The summed E-state index contributed by atoms with van der Waals surface area (Å²) < 4.78 is 5.49. The van der Waals surface area contributed by atoms with Crippen LogP contribution in [0.1, 0.15) is 30.6 Å². The Bertz CT molecular complexity index is 639. The summed E-state index contributed by atoms with van der Waals surface area (Å²) >= 11 is 0. The zero-order chi connectivity index (χ0) is 16.5. The van der Waals surface area contributed by atoms with Gasteiger partial charge in [0.25, 0.3) is 5.91 Å². The molecule has 0 aromatic heterocycles. The van der Waals surface area contributed by atoms with E-state index in [-0.39, 0.29) is 0 Å². The lowest BCUT2D eigenvalue weighted by molar-refractivity contribution is -0.129. The van der Waals surface area contributed by atoms with Crippen molar-refractivity contribution in [3.05, 3.63) is 65.7 Å². The molecular weight excluding hydrogens is 292 g/mol. The predicted octanol–water partition coefficient (Wildman–Crippen LogP) is 2.66. The molecule has 0 spiro atoms. The van der Waals surface area contributed by atoms with Gasteiger partial charge in [-0.15, -0.1) is 0 Å². The first-order valence-corrected chi connectivity index (χ1v) is 7.49. The van der Waals surface area contributed by atoms with Gasteiger partial charge in [0.1, 0.15) is 5.75 Å². The molecule has 0 fully saturated rings. The number of ether oxygens (including phenoxy) is 1. The smallest absolute Gasteiger partial charge is 0.273 e. The van der Waals surface area contributed by atoms with Crippen molar-refractivity contribution in [3.8, 4) is 5.75 Å². The number of hydrazone groups is 1. The standard InChI is InChI=1S/C18H20N2O3/c1-2-12-23-16-10-8-14(9-11-16)13-19-20-18(22)17(21)15-6-4-3-5-7-15/h3-11,13,17,21H,2,12H2,1H3,(H,20,22). The van der Waals surface area contributed by atoms with Gasteiger partial charge in [-0.1, -0.05) is 37.3 Å². The number of nitrogens with one attached hydrogen (secondary N) is 1. The zero-order valence-electron chi connectivity index (χ0n) is 13.0. The van der Waals surface area contributed by atoms with Crippen molar-refractivity contribution >= 4 is 12.1 Å². The van der Waals surface area contributed by atoms with Crippen molar-refractivity contribution in [1.82, 2.24) is 5.43 Å². The largest absolute Gasteiger partial charge is 0.494 e. The summed E-state index contributed by atoms with van der Waals surface area (Å²) in [7, 11) is 0. The number of aliphatic hydroxyl groups is 1. The molecule has 0 bridgehead atoms. The normalized spacial score (nSPS) is 12.1. The van der Waals surface area contributed by atoms with Crippen LogP contribution in [0.3, 0.4) is 0 Å². The third-order valence-electron chi connectivity index (χ3n) is 3.10. The third kappa shape index (κ3) is 5.23. The topological polar surface area (TPSA) is 70.9 Å². The molecule has 5 nitrogen and oxygen atoms in total. The van der Waals surface area contributed by atoms with Crippen LogP contribution in [0.4, 0.5) is 0 Å². The fourth-order valence-electron chi connectivity index (χ4n) is 1.89. The van der Waals surface area contributed by atoms with Crippen molar-refractivity contribution in [2.24, 2.45) is 5.10 Å². The van der Waals surface area contributed by atoms with E-state index in [1.165, 1.54) is 6.21 Å². The van der Waals surface area contributed by atoms with Crippen molar-refractivity contribution < 1.29 is 14.6 Å². The van der Waals surface area contributed by atoms with Gasteiger partial charge in [-0.05, 0) is 41.8 Å². The molecule has 2 aromatic carbocycles. The predicted molar refractivity (Wildman–Crippen MR) is 89.4 cm³/mol. The molecule has 2 N–H and O–H groups in total. The highest BCUT2D eigenvalue weighted by Crippen LogP contribution is 2.12. The second-order valence-electron chi connectivity index (χ2n) is 4.96. The first-order chi connectivity index (χ1) is 11.2. The SMILES string of the molecule is CCCOc1ccc(C=NNC(=O)C(O)c2ccccc2)cc1. The Morgan fingerprint density at radius 1 is 1.22 bits per heavy atom. The van der Waals surface area contributed by atoms with Crippen LogP contribution in [0.2, 0.25) is 0 Å². The van der Waals surface area contributed by atoms with E-state index in [2.05, 4.69) is 10.5 Å². The Balaban J connectivity index is 1.87. The highest BCUT2D eigenvalue weighted by molar-refractivity contribution is 5.85. The molecule has 1 atom stereocenters. The molecule has 0 aliphatic heterocycles. The fraction of sp³-hybridized carbons (Fsp3) is 0.222. The number of aliphatic hydroxyl groups excluding tert-OH is 1. The van der Waals surface area contributed by atoms with Gasteiger partial charge < -0.3 is 9.84 Å². The fourth-order valence-corrected chi connectivity index (χ4v) is 1.89. The summed E-state index contributed by atoms with van der Waals surface area (Å²) in [6.45, 7) is 2.73. The van der Waals surface area contributed by atoms with E-state index >= 15 is 0 Å². The van der Waals surface area contributed by atoms with E-state index in [1.54, 1.807) is 24.3 Å². The average Bonchev–Trinajstić information content (AvgIpc) is 2.61. The summed E-state index contributed by atoms with van der Waals surface area (Å²) in [5, 5.41) is 13.8. The number of hydrogen-bond acceptors (Lipinski definition) is 4. The molecule has 23 heavy (non-hydrogen) atoms. The van der Waals surface area contributed by atoms with Crippen molar-refractivity contribution in [1.29, 1.82) is 0 Å². The van der Waals surface area contributed by atoms with Crippen molar-refractivity contribution in [2.75, 3.05) is 6.61 Å². The molecule has 0 saturated heterocycles. The van der Waals surface area contributed by atoms with Gasteiger partial charge in [0.15, 0.2) is 6.10 Å². The number of rotatable bonds is 7. The molecule has 0 heterocycles. The summed E-state index contributed by atoms with van der Waals surface area (Å²) in [5.74, 6) is 0.225. The summed E-state index contributed by atoms with van der Waals surface area (Å²) in [6, 6.07) is 16.1. The van der Waals surface area contributed by atoms with Gasteiger partial charge in [-0.2, -0.15) is 5.10 Å². The minimum absolute atomic E-state index is 0.526. The van der Waals surface area contributed by atoms with Crippen LogP contribution < -0.4 is 10.2 Å². The van der Waals surface area contributed by atoms with E-state index in [4.69, 9.17) is 4.74 Å². The number of hydrogen-bond donors (Lipinski definition) is 2. The maximum absolute atomic E-state index is 11.8. The second-order valence-corrected chi connectivity index (χ2v) is 4.96. The average molecular weight is 312 g/mol. The van der Waals surface area contributed by atoms with Crippen LogP contribution in [-0.4, -0.2) is 23.8 Å². The molecule has 0 saturated carbocycles. The van der Waals surface area contributed by atoms with Gasteiger partial charge in [0.05, 0.1) is 12.8 Å². The molecule has 5 heteroatoms. The Labute approximate surface area is 135 Å². The van der Waals surface area contributed by atoms with E-state index in [1.807, 2.05) is 37.3 Å². The Kier molecular flexibility index (Phi) is 6.32. The second kappa shape index (κ2) is 8.70. The monoisotopic (exact) mass is 312 g/mol. The van der Waals surface area contributed by atoms with Crippen LogP contribution in [0.25, 0.3) is 0 Å². The van der Waals surface area contributed by atoms with Gasteiger partial charge in [0, 0.05) is 0 Å². The first kappa shape index (κ1) is 16.7.